The summed E-state index contributed by atoms with van der Waals surface area (Å²) in [5.41, 5.74) is 8.26. The number of carbonyl (C=O) groups excluding carboxylic acids is 3. The third-order valence-electron chi connectivity index (χ3n) is 3.62. The second kappa shape index (κ2) is 8.10. The summed E-state index contributed by atoms with van der Waals surface area (Å²) in [6, 6.07) is 13.3. The number of benzene rings is 2. The van der Waals surface area contributed by atoms with Crippen molar-refractivity contribution in [3.8, 4) is 0 Å². The number of carbonyl (C=O) groups is 3. The van der Waals surface area contributed by atoms with E-state index < -0.39 is 17.9 Å². The SMILES string of the molecule is CC(=O)Nc1cccc(C(=O)N[C@@H](Cc2cccc(C)c2)C(N)=O)c1. The van der Waals surface area contributed by atoms with Gasteiger partial charge in [0.2, 0.25) is 11.8 Å². The van der Waals surface area contributed by atoms with Crippen LogP contribution in [0.2, 0.25) is 0 Å². The predicted octanol–water partition coefficient (Wildman–Crippen LogP) is 1.78. The van der Waals surface area contributed by atoms with Crippen LogP contribution < -0.4 is 16.4 Å². The summed E-state index contributed by atoms with van der Waals surface area (Å²) in [7, 11) is 0. The molecule has 25 heavy (non-hydrogen) atoms. The fourth-order valence-electron chi connectivity index (χ4n) is 2.48. The van der Waals surface area contributed by atoms with Crippen LogP contribution >= 0.6 is 0 Å². The van der Waals surface area contributed by atoms with Crippen molar-refractivity contribution in [3.63, 3.8) is 0 Å². The van der Waals surface area contributed by atoms with Crippen molar-refractivity contribution in [1.29, 1.82) is 0 Å². The molecule has 1 atom stereocenters. The number of primary amides is 1. The van der Waals surface area contributed by atoms with Crippen LogP contribution in [0.4, 0.5) is 5.69 Å². The maximum absolute atomic E-state index is 12.4. The first-order valence-electron chi connectivity index (χ1n) is 7.88. The molecular weight excluding hydrogens is 318 g/mol. The van der Waals surface area contributed by atoms with Gasteiger partial charge in [0.15, 0.2) is 0 Å². The van der Waals surface area contributed by atoms with Crippen LogP contribution in [-0.2, 0) is 16.0 Å². The monoisotopic (exact) mass is 339 g/mol. The summed E-state index contributed by atoms with van der Waals surface area (Å²) in [5.74, 6) is -1.26. The molecule has 0 saturated carbocycles. The first-order chi connectivity index (χ1) is 11.8. The highest BCUT2D eigenvalue weighted by molar-refractivity contribution is 5.99. The summed E-state index contributed by atoms with van der Waals surface area (Å²) < 4.78 is 0. The molecule has 0 spiro atoms. The molecule has 2 aromatic rings. The molecule has 3 amide bonds. The van der Waals surface area contributed by atoms with Gasteiger partial charge < -0.3 is 16.4 Å². The highest BCUT2D eigenvalue weighted by atomic mass is 16.2. The Labute approximate surface area is 146 Å². The Morgan fingerprint density at radius 3 is 2.44 bits per heavy atom. The first kappa shape index (κ1) is 18.2. The van der Waals surface area contributed by atoms with E-state index in [9.17, 15) is 14.4 Å². The number of rotatable bonds is 6. The average molecular weight is 339 g/mol. The Balaban J connectivity index is 2.12. The maximum Gasteiger partial charge on any atom is 0.252 e. The van der Waals surface area contributed by atoms with Gasteiger partial charge in [-0.3, -0.25) is 14.4 Å². The molecule has 0 radical (unpaired) electrons. The topological polar surface area (TPSA) is 101 Å². The molecule has 130 valence electrons. The van der Waals surface area contributed by atoms with Gasteiger partial charge in [-0.05, 0) is 30.7 Å². The molecule has 0 aliphatic heterocycles. The number of nitrogens with two attached hydrogens (primary N) is 1. The van der Waals surface area contributed by atoms with Gasteiger partial charge in [-0.25, -0.2) is 0 Å². The Hall–Kier alpha value is -3.15. The summed E-state index contributed by atoms with van der Waals surface area (Å²) in [5, 5.41) is 5.27. The molecule has 2 aromatic carbocycles. The van der Waals surface area contributed by atoms with Gasteiger partial charge in [-0.2, -0.15) is 0 Å². The minimum atomic E-state index is -0.821. The molecule has 2 rings (SSSR count). The highest BCUT2D eigenvalue weighted by Crippen LogP contribution is 2.12. The molecule has 6 heteroatoms. The lowest BCUT2D eigenvalue weighted by Gasteiger charge is -2.16. The van der Waals surface area contributed by atoms with Gasteiger partial charge in [-0.15, -0.1) is 0 Å². The van der Waals surface area contributed by atoms with E-state index in [1.807, 2.05) is 31.2 Å². The number of hydrogen-bond donors (Lipinski definition) is 3. The normalized spacial score (nSPS) is 11.4. The quantitative estimate of drug-likeness (QED) is 0.747. The Morgan fingerprint density at radius 2 is 1.80 bits per heavy atom. The van der Waals surface area contributed by atoms with Gasteiger partial charge >= 0.3 is 0 Å². The fourth-order valence-corrected chi connectivity index (χ4v) is 2.48. The number of anilines is 1. The first-order valence-corrected chi connectivity index (χ1v) is 7.88. The van der Waals surface area contributed by atoms with Crippen molar-refractivity contribution in [3.05, 3.63) is 65.2 Å². The van der Waals surface area contributed by atoms with E-state index in [-0.39, 0.29) is 5.91 Å². The molecule has 0 unspecified atom stereocenters. The zero-order valence-corrected chi connectivity index (χ0v) is 14.2. The van der Waals surface area contributed by atoms with Gasteiger partial charge in [0.1, 0.15) is 6.04 Å². The second-order valence-electron chi connectivity index (χ2n) is 5.88. The van der Waals surface area contributed by atoms with Crippen molar-refractivity contribution in [1.82, 2.24) is 5.32 Å². The number of nitrogens with one attached hydrogen (secondary N) is 2. The van der Waals surface area contributed by atoms with Crippen LogP contribution in [0, 0.1) is 6.92 Å². The third kappa shape index (κ3) is 5.46. The molecule has 0 heterocycles. The lowest BCUT2D eigenvalue weighted by molar-refractivity contribution is -0.119. The van der Waals surface area contributed by atoms with Crippen LogP contribution in [-0.4, -0.2) is 23.8 Å². The zero-order chi connectivity index (χ0) is 18.4. The lowest BCUT2D eigenvalue weighted by Crippen LogP contribution is -2.45. The van der Waals surface area contributed by atoms with Gasteiger partial charge in [-0.1, -0.05) is 35.9 Å². The van der Waals surface area contributed by atoms with Crippen molar-refractivity contribution in [2.45, 2.75) is 26.3 Å². The third-order valence-corrected chi connectivity index (χ3v) is 3.62. The summed E-state index contributed by atoms with van der Waals surface area (Å²) in [6.45, 7) is 3.34. The van der Waals surface area contributed by atoms with E-state index in [1.54, 1.807) is 24.3 Å². The molecular formula is C19H21N3O3. The zero-order valence-electron chi connectivity index (χ0n) is 14.2. The smallest absolute Gasteiger partial charge is 0.252 e. The van der Waals surface area contributed by atoms with Gasteiger partial charge in [0.05, 0.1) is 0 Å². The fraction of sp³-hybridized carbons (Fsp3) is 0.211. The molecule has 0 aromatic heterocycles. The summed E-state index contributed by atoms with van der Waals surface area (Å²) in [6.07, 6.45) is 0.314. The highest BCUT2D eigenvalue weighted by Gasteiger charge is 2.19. The van der Waals surface area contributed by atoms with E-state index in [0.717, 1.165) is 11.1 Å². The van der Waals surface area contributed by atoms with Crippen molar-refractivity contribution in [2.24, 2.45) is 5.73 Å². The number of hydrogen-bond acceptors (Lipinski definition) is 3. The van der Waals surface area contributed by atoms with E-state index in [1.165, 1.54) is 6.92 Å². The number of amides is 3. The Kier molecular flexibility index (Phi) is 5.89. The summed E-state index contributed by atoms with van der Waals surface area (Å²) in [4.78, 5) is 35.3. The Bertz CT molecular complexity index is 802. The minimum absolute atomic E-state index is 0.230. The standard InChI is InChI=1S/C19H21N3O3/c1-12-5-3-6-14(9-12)10-17(18(20)24)22-19(25)15-7-4-8-16(11-15)21-13(2)23/h3-9,11,17H,10H2,1-2H3,(H2,20,24)(H,21,23)(H,22,25)/t17-/m0/s1. The minimum Gasteiger partial charge on any atom is -0.368 e. The lowest BCUT2D eigenvalue weighted by atomic mass is 10.0. The van der Waals surface area contributed by atoms with E-state index in [2.05, 4.69) is 10.6 Å². The molecule has 0 aliphatic rings. The molecule has 0 aliphatic carbocycles. The predicted molar refractivity (Wildman–Crippen MR) is 96.1 cm³/mol. The van der Waals surface area contributed by atoms with Crippen LogP contribution in [0.25, 0.3) is 0 Å². The molecule has 4 N–H and O–H groups in total. The molecule has 0 fully saturated rings. The molecule has 6 nitrogen and oxygen atoms in total. The van der Waals surface area contributed by atoms with Crippen LogP contribution in [0.5, 0.6) is 0 Å². The van der Waals surface area contributed by atoms with Crippen molar-refractivity contribution < 1.29 is 14.4 Å². The van der Waals surface area contributed by atoms with E-state index in [4.69, 9.17) is 5.73 Å². The van der Waals surface area contributed by atoms with Crippen LogP contribution in [0.15, 0.2) is 48.5 Å². The van der Waals surface area contributed by atoms with E-state index in [0.29, 0.717) is 17.7 Å². The summed E-state index contributed by atoms with van der Waals surface area (Å²) >= 11 is 0. The maximum atomic E-state index is 12.4. The van der Waals surface area contributed by atoms with Gasteiger partial charge in [0, 0.05) is 24.6 Å². The van der Waals surface area contributed by atoms with Crippen LogP contribution in [0.1, 0.15) is 28.4 Å². The molecule has 0 saturated heterocycles. The molecule has 0 bridgehead atoms. The van der Waals surface area contributed by atoms with Crippen LogP contribution in [0.3, 0.4) is 0 Å². The average Bonchev–Trinajstić information content (AvgIpc) is 2.53. The Morgan fingerprint density at radius 1 is 1.08 bits per heavy atom. The van der Waals surface area contributed by atoms with Gasteiger partial charge in [0.25, 0.3) is 5.91 Å². The van der Waals surface area contributed by atoms with Crippen molar-refractivity contribution >= 4 is 23.4 Å². The number of aryl methyl sites for hydroxylation is 1. The van der Waals surface area contributed by atoms with E-state index >= 15 is 0 Å². The second-order valence-corrected chi connectivity index (χ2v) is 5.88. The van der Waals surface area contributed by atoms with Crippen molar-refractivity contribution in [2.75, 3.05) is 5.32 Å². The largest absolute Gasteiger partial charge is 0.368 e.